The van der Waals surface area contributed by atoms with E-state index in [1.165, 1.54) is 6.20 Å². The van der Waals surface area contributed by atoms with Crippen molar-refractivity contribution in [1.82, 2.24) is 5.32 Å². The summed E-state index contributed by atoms with van der Waals surface area (Å²) in [7, 11) is 0. The third-order valence-electron chi connectivity index (χ3n) is 4.79. The molecule has 0 radical (unpaired) electrons. The first-order valence-corrected chi connectivity index (χ1v) is 9.69. The molecule has 0 saturated carbocycles. The third-order valence-corrected chi connectivity index (χ3v) is 5.03. The van der Waals surface area contributed by atoms with Crippen molar-refractivity contribution >= 4 is 29.0 Å². The van der Waals surface area contributed by atoms with Gasteiger partial charge in [0, 0.05) is 23.3 Å². The van der Waals surface area contributed by atoms with E-state index >= 15 is 0 Å². The molecule has 0 saturated heterocycles. The predicted octanol–water partition coefficient (Wildman–Crippen LogP) is 4.74. The number of ketones is 1. The number of amides is 1. The van der Waals surface area contributed by atoms with Gasteiger partial charge in [0.25, 0.3) is 5.91 Å². The summed E-state index contributed by atoms with van der Waals surface area (Å²) in [6.07, 6.45) is 1.51. The molecule has 4 rings (SSSR count). The summed E-state index contributed by atoms with van der Waals surface area (Å²) in [5.74, 6) is -0.647. The Balaban J connectivity index is 1.66. The molecule has 0 aliphatic carbocycles. The quantitative estimate of drug-likeness (QED) is 0.495. The Kier molecular flexibility index (Phi) is 5.45. The first-order valence-electron chi connectivity index (χ1n) is 9.31. The van der Waals surface area contributed by atoms with E-state index in [1.54, 1.807) is 23.1 Å². The van der Waals surface area contributed by atoms with Crippen molar-refractivity contribution in [3.63, 3.8) is 0 Å². The van der Waals surface area contributed by atoms with Crippen molar-refractivity contribution < 1.29 is 9.59 Å². The SMILES string of the molecule is O=C1/C(=C\NCc2ccccc2)C(=O)N(Cc2ccccc2)c2ccc(Cl)cc21. The van der Waals surface area contributed by atoms with E-state index in [2.05, 4.69) is 5.32 Å². The van der Waals surface area contributed by atoms with Gasteiger partial charge in [-0.05, 0) is 29.3 Å². The lowest BCUT2D eigenvalue weighted by molar-refractivity contribution is -0.115. The molecular formula is C24H19ClN2O2. The molecule has 3 aromatic carbocycles. The zero-order chi connectivity index (χ0) is 20.2. The molecule has 1 aliphatic rings. The summed E-state index contributed by atoms with van der Waals surface area (Å²) in [6, 6.07) is 24.5. The van der Waals surface area contributed by atoms with Crippen molar-refractivity contribution in [3.8, 4) is 0 Å². The molecule has 1 heterocycles. The van der Waals surface area contributed by atoms with Gasteiger partial charge in [-0.15, -0.1) is 0 Å². The first kappa shape index (κ1) is 19.0. The fourth-order valence-electron chi connectivity index (χ4n) is 3.34. The maximum atomic E-state index is 13.2. The van der Waals surface area contributed by atoms with E-state index in [4.69, 9.17) is 11.6 Å². The molecule has 1 N–H and O–H groups in total. The second-order valence-electron chi connectivity index (χ2n) is 6.79. The first-order chi connectivity index (χ1) is 14.1. The van der Waals surface area contributed by atoms with Crippen molar-refractivity contribution in [2.75, 3.05) is 4.90 Å². The number of benzene rings is 3. The van der Waals surface area contributed by atoms with Gasteiger partial charge in [0.15, 0.2) is 0 Å². The summed E-state index contributed by atoms with van der Waals surface area (Å²) in [6.45, 7) is 0.892. The Morgan fingerprint density at radius 2 is 1.52 bits per heavy atom. The smallest absolute Gasteiger partial charge is 0.264 e. The number of carbonyl (C=O) groups excluding carboxylic acids is 2. The molecule has 0 spiro atoms. The van der Waals surface area contributed by atoms with Crippen LogP contribution in [0.15, 0.2) is 90.6 Å². The zero-order valence-corrected chi connectivity index (χ0v) is 16.4. The molecule has 5 heteroatoms. The maximum absolute atomic E-state index is 13.2. The normalized spacial score (nSPS) is 14.8. The minimum absolute atomic E-state index is 0.103. The number of nitrogens with zero attached hydrogens (tertiary/aromatic N) is 1. The molecule has 0 atom stereocenters. The number of hydrogen-bond acceptors (Lipinski definition) is 3. The number of hydrogen-bond donors (Lipinski definition) is 1. The Morgan fingerprint density at radius 1 is 0.862 bits per heavy atom. The van der Waals surface area contributed by atoms with Crippen molar-refractivity contribution in [1.29, 1.82) is 0 Å². The molecule has 0 aromatic heterocycles. The van der Waals surface area contributed by atoms with E-state index in [-0.39, 0.29) is 17.3 Å². The van der Waals surface area contributed by atoms with Crippen LogP contribution in [0.1, 0.15) is 21.5 Å². The number of anilines is 1. The van der Waals surface area contributed by atoms with Gasteiger partial charge in [-0.3, -0.25) is 9.59 Å². The lowest BCUT2D eigenvalue weighted by Gasteiger charge is -2.30. The highest BCUT2D eigenvalue weighted by atomic mass is 35.5. The molecule has 1 amide bonds. The van der Waals surface area contributed by atoms with E-state index in [0.717, 1.165) is 11.1 Å². The molecule has 1 aliphatic heterocycles. The Labute approximate surface area is 174 Å². The molecule has 29 heavy (non-hydrogen) atoms. The molecule has 0 unspecified atom stereocenters. The zero-order valence-electron chi connectivity index (χ0n) is 15.6. The lowest BCUT2D eigenvalue weighted by atomic mass is 9.95. The summed E-state index contributed by atoms with van der Waals surface area (Å²) in [4.78, 5) is 27.8. The molecular weight excluding hydrogens is 384 g/mol. The van der Waals surface area contributed by atoms with E-state index in [9.17, 15) is 9.59 Å². The van der Waals surface area contributed by atoms with Crippen molar-refractivity contribution in [2.45, 2.75) is 13.1 Å². The fourth-order valence-corrected chi connectivity index (χ4v) is 3.51. The topological polar surface area (TPSA) is 49.4 Å². The van der Waals surface area contributed by atoms with Gasteiger partial charge in [-0.2, -0.15) is 0 Å². The highest BCUT2D eigenvalue weighted by Crippen LogP contribution is 2.33. The van der Waals surface area contributed by atoms with Crippen LogP contribution in [0.3, 0.4) is 0 Å². The third kappa shape index (κ3) is 4.08. The van der Waals surface area contributed by atoms with Gasteiger partial charge in [0.05, 0.1) is 12.2 Å². The van der Waals surface area contributed by atoms with Gasteiger partial charge >= 0.3 is 0 Å². The van der Waals surface area contributed by atoms with Crippen LogP contribution in [0, 0.1) is 0 Å². The second kappa shape index (κ2) is 8.33. The average molecular weight is 403 g/mol. The monoisotopic (exact) mass is 402 g/mol. The second-order valence-corrected chi connectivity index (χ2v) is 7.23. The largest absolute Gasteiger partial charge is 0.386 e. The summed E-state index contributed by atoms with van der Waals surface area (Å²) < 4.78 is 0. The van der Waals surface area contributed by atoms with Crippen LogP contribution in [0.4, 0.5) is 5.69 Å². The van der Waals surface area contributed by atoms with E-state index in [0.29, 0.717) is 29.4 Å². The van der Waals surface area contributed by atoms with E-state index in [1.807, 2.05) is 60.7 Å². The predicted molar refractivity (Wildman–Crippen MR) is 115 cm³/mol. The van der Waals surface area contributed by atoms with Crippen molar-refractivity contribution in [3.05, 3.63) is 112 Å². The number of carbonyl (C=O) groups is 2. The van der Waals surface area contributed by atoms with Crippen LogP contribution < -0.4 is 10.2 Å². The van der Waals surface area contributed by atoms with Gasteiger partial charge in [0.2, 0.25) is 5.78 Å². The number of halogens is 1. The number of fused-ring (bicyclic) bond motifs is 1. The highest BCUT2D eigenvalue weighted by molar-refractivity contribution is 6.36. The molecule has 144 valence electrons. The number of nitrogens with one attached hydrogen (secondary N) is 1. The summed E-state index contributed by atoms with van der Waals surface area (Å²) in [5, 5.41) is 3.56. The minimum Gasteiger partial charge on any atom is -0.386 e. The summed E-state index contributed by atoms with van der Waals surface area (Å²) in [5.41, 5.74) is 3.15. The standard InChI is InChI=1S/C24H19ClN2O2/c25-19-11-12-22-20(13-19)23(28)21(15-26-14-17-7-3-1-4-8-17)24(29)27(22)16-18-9-5-2-6-10-18/h1-13,15,26H,14,16H2/b21-15+. The van der Waals surface area contributed by atoms with Crippen LogP contribution in [-0.2, 0) is 17.9 Å². The summed E-state index contributed by atoms with van der Waals surface area (Å²) >= 11 is 6.13. The van der Waals surface area contributed by atoms with E-state index < -0.39 is 0 Å². The Bertz CT molecular complexity index is 1080. The Morgan fingerprint density at radius 3 is 2.21 bits per heavy atom. The average Bonchev–Trinajstić information content (AvgIpc) is 2.75. The highest BCUT2D eigenvalue weighted by Gasteiger charge is 2.34. The number of Topliss-reactive ketones (excluding diaryl/α,β-unsaturated/α-hetero) is 1. The van der Waals surface area contributed by atoms with Crippen molar-refractivity contribution in [2.24, 2.45) is 0 Å². The number of rotatable bonds is 5. The minimum atomic E-state index is -0.325. The Hall–Kier alpha value is -3.37. The van der Waals surface area contributed by atoms with Crippen LogP contribution in [0.5, 0.6) is 0 Å². The van der Waals surface area contributed by atoms with Gasteiger partial charge in [-0.25, -0.2) is 0 Å². The van der Waals surface area contributed by atoms with Gasteiger partial charge in [0.1, 0.15) is 5.57 Å². The molecule has 3 aromatic rings. The fraction of sp³-hybridized carbons (Fsp3) is 0.0833. The molecule has 0 fully saturated rings. The van der Waals surface area contributed by atoms with Crippen LogP contribution >= 0.6 is 11.6 Å². The van der Waals surface area contributed by atoms with Gasteiger partial charge < -0.3 is 10.2 Å². The molecule has 4 nitrogen and oxygen atoms in total. The van der Waals surface area contributed by atoms with Crippen LogP contribution in [-0.4, -0.2) is 11.7 Å². The van der Waals surface area contributed by atoms with Crippen LogP contribution in [0.25, 0.3) is 0 Å². The van der Waals surface area contributed by atoms with Gasteiger partial charge in [-0.1, -0.05) is 72.3 Å². The lowest BCUT2D eigenvalue weighted by Crippen LogP contribution is -2.39. The molecule has 0 bridgehead atoms. The van der Waals surface area contributed by atoms with Crippen LogP contribution in [0.2, 0.25) is 5.02 Å². The maximum Gasteiger partial charge on any atom is 0.264 e.